The third-order valence-electron chi connectivity index (χ3n) is 2.91. The van der Waals surface area contributed by atoms with Crippen LogP contribution in [0.15, 0.2) is 12.3 Å². The van der Waals surface area contributed by atoms with Crippen molar-refractivity contribution in [2.45, 2.75) is 26.7 Å². The van der Waals surface area contributed by atoms with E-state index in [9.17, 15) is 0 Å². The molecule has 0 bridgehead atoms. The molecule has 1 aliphatic heterocycles. The van der Waals surface area contributed by atoms with E-state index in [0.717, 1.165) is 17.9 Å². The molecule has 4 heteroatoms. The quantitative estimate of drug-likeness (QED) is 0.811. The molecule has 1 aliphatic rings. The van der Waals surface area contributed by atoms with Crippen molar-refractivity contribution >= 4 is 12.4 Å². The Balaban J connectivity index is 0.00000128. The van der Waals surface area contributed by atoms with Gasteiger partial charge in [0.25, 0.3) is 0 Å². The Bertz CT molecular complexity index is 340. The highest BCUT2D eigenvalue weighted by Crippen LogP contribution is 2.16. The fraction of sp³-hybridized carbons (Fsp3) is 0.583. The Morgan fingerprint density at radius 1 is 1.44 bits per heavy atom. The van der Waals surface area contributed by atoms with Crippen LogP contribution in [0, 0.1) is 6.92 Å². The van der Waals surface area contributed by atoms with Gasteiger partial charge in [0.05, 0.1) is 6.20 Å². The van der Waals surface area contributed by atoms with Gasteiger partial charge in [0.1, 0.15) is 12.5 Å². The van der Waals surface area contributed by atoms with E-state index >= 15 is 0 Å². The van der Waals surface area contributed by atoms with E-state index < -0.39 is 0 Å². The SMILES string of the molecule is CCc1cc(OCN2CCC2)cnc1C.Cl. The molecular formula is C12H19ClN2O. The van der Waals surface area contributed by atoms with Crippen molar-refractivity contribution in [3.63, 3.8) is 0 Å². The van der Waals surface area contributed by atoms with Gasteiger partial charge in [-0.1, -0.05) is 6.92 Å². The molecule has 1 aromatic heterocycles. The van der Waals surface area contributed by atoms with Gasteiger partial charge in [0.2, 0.25) is 0 Å². The van der Waals surface area contributed by atoms with Crippen molar-refractivity contribution < 1.29 is 4.74 Å². The molecule has 0 aromatic carbocycles. The minimum Gasteiger partial charge on any atom is -0.477 e. The third-order valence-corrected chi connectivity index (χ3v) is 2.91. The Kier molecular flexibility index (Phi) is 5.03. The van der Waals surface area contributed by atoms with Crippen molar-refractivity contribution in [1.29, 1.82) is 0 Å². The summed E-state index contributed by atoms with van der Waals surface area (Å²) in [7, 11) is 0. The second-order valence-electron chi connectivity index (χ2n) is 4.01. The Hall–Kier alpha value is -0.800. The summed E-state index contributed by atoms with van der Waals surface area (Å²) >= 11 is 0. The van der Waals surface area contributed by atoms with Crippen LogP contribution in [-0.4, -0.2) is 29.7 Å². The Labute approximate surface area is 103 Å². The zero-order chi connectivity index (χ0) is 10.7. The number of rotatable bonds is 4. The summed E-state index contributed by atoms with van der Waals surface area (Å²) in [5.41, 5.74) is 2.38. The van der Waals surface area contributed by atoms with Gasteiger partial charge in [-0.3, -0.25) is 9.88 Å². The molecule has 0 spiro atoms. The number of likely N-dealkylation sites (tertiary alicyclic amines) is 1. The van der Waals surface area contributed by atoms with Crippen LogP contribution in [-0.2, 0) is 6.42 Å². The number of hydrogen-bond donors (Lipinski definition) is 0. The summed E-state index contributed by atoms with van der Waals surface area (Å²) in [6.45, 7) is 7.22. The first-order chi connectivity index (χ1) is 7.29. The second kappa shape index (κ2) is 6.06. The predicted molar refractivity (Wildman–Crippen MR) is 67.3 cm³/mol. The molecule has 0 amide bonds. The number of halogens is 1. The van der Waals surface area contributed by atoms with Gasteiger partial charge in [-0.05, 0) is 31.4 Å². The number of nitrogens with zero attached hydrogens (tertiary/aromatic N) is 2. The largest absolute Gasteiger partial charge is 0.477 e. The van der Waals surface area contributed by atoms with Crippen LogP contribution in [0.25, 0.3) is 0 Å². The summed E-state index contributed by atoms with van der Waals surface area (Å²) in [6.07, 6.45) is 4.13. The van der Waals surface area contributed by atoms with Crippen LogP contribution in [0.5, 0.6) is 5.75 Å². The number of hydrogen-bond acceptors (Lipinski definition) is 3. The zero-order valence-electron chi connectivity index (χ0n) is 9.90. The van der Waals surface area contributed by atoms with E-state index in [1.54, 1.807) is 0 Å². The molecule has 0 aliphatic carbocycles. The number of pyridine rings is 1. The normalized spacial score (nSPS) is 15.1. The van der Waals surface area contributed by atoms with Crippen molar-refractivity contribution in [2.75, 3.05) is 19.8 Å². The van der Waals surface area contributed by atoms with Gasteiger partial charge in [-0.15, -0.1) is 12.4 Å². The van der Waals surface area contributed by atoms with Crippen LogP contribution in [0.1, 0.15) is 24.6 Å². The van der Waals surface area contributed by atoms with Gasteiger partial charge < -0.3 is 4.74 Å². The van der Waals surface area contributed by atoms with E-state index in [1.165, 1.54) is 25.1 Å². The van der Waals surface area contributed by atoms with Crippen LogP contribution in [0.3, 0.4) is 0 Å². The maximum absolute atomic E-state index is 5.67. The molecule has 3 nitrogen and oxygen atoms in total. The lowest BCUT2D eigenvalue weighted by Crippen LogP contribution is -2.39. The summed E-state index contributed by atoms with van der Waals surface area (Å²) in [5, 5.41) is 0. The zero-order valence-corrected chi connectivity index (χ0v) is 10.7. The van der Waals surface area contributed by atoms with Gasteiger partial charge >= 0.3 is 0 Å². The van der Waals surface area contributed by atoms with E-state index in [1.807, 2.05) is 13.1 Å². The highest BCUT2D eigenvalue weighted by atomic mass is 35.5. The van der Waals surface area contributed by atoms with E-state index in [0.29, 0.717) is 6.73 Å². The Morgan fingerprint density at radius 3 is 2.75 bits per heavy atom. The smallest absolute Gasteiger partial charge is 0.142 e. The maximum atomic E-state index is 5.67. The molecule has 0 radical (unpaired) electrons. The molecule has 0 unspecified atom stereocenters. The molecule has 16 heavy (non-hydrogen) atoms. The molecule has 0 N–H and O–H groups in total. The standard InChI is InChI=1S/C12H18N2O.ClH/c1-3-11-7-12(8-13-10(11)2)15-9-14-5-4-6-14;/h7-8H,3-6,9H2,1-2H3;1H. The third kappa shape index (κ3) is 3.09. The minimum absolute atomic E-state index is 0. The molecule has 2 heterocycles. The molecule has 1 aromatic rings. The van der Waals surface area contributed by atoms with E-state index in [-0.39, 0.29) is 12.4 Å². The average molecular weight is 243 g/mol. The van der Waals surface area contributed by atoms with Crippen LogP contribution in [0.2, 0.25) is 0 Å². The summed E-state index contributed by atoms with van der Waals surface area (Å²) in [6, 6.07) is 2.10. The molecule has 1 fully saturated rings. The number of aromatic nitrogens is 1. The highest BCUT2D eigenvalue weighted by Gasteiger charge is 2.13. The van der Waals surface area contributed by atoms with E-state index in [4.69, 9.17) is 4.74 Å². The minimum atomic E-state index is 0. The van der Waals surface area contributed by atoms with Crippen molar-refractivity contribution in [3.05, 3.63) is 23.5 Å². The molecule has 90 valence electrons. The molecule has 1 saturated heterocycles. The van der Waals surface area contributed by atoms with Crippen LogP contribution in [0.4, 0.5) is 0 Å². The maximum Gasteiger partial charge on any atom is 0.142 e. The van der Waals surface area contributed by atoms with Gasteiger partial charge in [-0.25, -0.2) is 0 Å². The number of aryl methyl sites for hydroxylation is 2. The molecule has 0 atom stereocenters. The molecule has 2 rings (SSSR count). The van der Waals surface area contributed by atoms with Crippen molar-refractivity contribution in [3.8, 4) is 5.75 Å². The fourth-order valence-electron chi connectivity index (χ4n) is 1.67. The summed E-state index contributed by atoms with van der Waals surface area (Å²) in [5.74, 6) is 0.893. The lowest BCUT2D eigenvalue weighted by Gasteiger charge is -2.30. The first-order valence-electron chi connectivity index (χ1n) is 5.60. The topological polar surface area (TPSA) is 25.4 Å². The summed E-state index contributed by atoms with van der Waals surface area (Å²) in [4.78, 5) is 6.61. The number of ether oxygens (including phenoxy) is 1. The monoisotopic (exact) mass is 242 g/mol. The lowest BCUT2D eigenvalue weighted by molar-refractivity contribution is 0.0728. The van der Waals surface area contributed by atoms with Crippen LogP contribution < -0.4 is 4.74 Å². The van der Waals surface area contributed by atoms with E-state index in [2.05, 4.69) is 22.9 Å². The Morgan fingerprint density at radius 2 is 2.19 bits per heavy atom. The van der Waals surface area contributed by atoms with Gasteiger partial charge in [0.15, 0.2) is 0 Å². The first kappa shape index (κ1) is 13.3. The summed E-state index contributed by atoms with van der Waals surface area (Å²) < 4.78 is 5.67. The highest BCUT2D eigenvalue weighted by molar-refractivity contribution is 5.85. The molecule has 0 saturated carbocycles. The molecular weight excluding hydrogens is 224 g/mol. The second-order valence-corrected chi connectivity index (χ2v) is 4.01. The first-order valence-corrected chi connectivity index (χ1v) is 5.60. The van der Waals surface area contributed by atoms with Gasteiger partial charge in [0, 0.05) is 18.8 Å². The predicted octanol–water partition coefficient (Wildman–Crippen LogP) is 2.42. The van der Waals surface area contributed by atoms with Crippen molar-refractivity contribution in [2.24, 2.45) is 0 Å². The van der Waals surface area contributed by atoms with Crippen LogP contribution >= 0.6 is 12.4 Å². The van der Waals surface area contributed by atoms with Gasteiger partial charge in [-0.2, -0.15) is 0 Å². The lowest BCUT2D eigenvalue weighted by atomic mass is 10.1. The average Bonchev–Trinajstić information content (AvgIpc) is 2.18. The fourth-order valence-corrected chi connectivity index (χ4v) is 1.67. The van der Waals surface area contributed by atoms with Crippen molar-refractivity contribution in [1.82, 2.24) is 9.88 Å².